The third-order valence-electron chi connectivity index (χ3n) is 5.86. The SMILES string of the molecule is Cn1ncc2c1CCCC2NC(=O)NCC(c1cccc(Cl)c1)N1CCOCC1. The molecule has 2 N–H and O–H groups in total. The molecule has 0 radical (unpaired) electrons. The second-order valence-corrected chi connectivity index (χ2v) is 8.12. The fraction of sp³-hybridized carbons (Fsp3) is 0.524. The molecule has 1 aromatic heterocycles. The van der Waals surface area contributed by atoms with Gasteiger partial charge < -0.3 is 15.4 Å². The molecule has 0 spiro atoms. The summed E-state index contributed by atoms with van der Waals surface area (Å²) in [7, 11) is 1.96. The van der Waals surface area contributed by atoms with Gasteiger partial charge in [-0.3, -0.25) is 9.58 Å². The van der Waals surface area contributed by atoms with Crippen molar-refractivity contribution in [2.24, 2.45) is 7.05 Å². The molecule has 0 bridgehead atoms. The van der Waals surface area contributed by atoms with Crippen LogP contribution in [-0.4, -0.2) is 53.6 Å². The van der Waals surface area contributed by atoms with Crippen LogP contribution in [0.3, 0.4) is 0 Å². The number of carbonyl (C=O) groups is 1. The normalized spacial score (nSPS) is 20.7. The van der Waals surface area contributed by atoms with E-state index in [0.29, 0.717) is 24.8 Å². The first-order chi connectivity index (χ1) is 14.1. The topological polar surface area (TPSA) is 71.4 Å². The number of benzene rings is 1. The van der Waals surface area contributed by atoms with Crippen molar-refractivity contribution in [3.63, 3.8) is 0 Å². The van der Waals surface area contributed by atoms with Gasteiger partial charge in [0.05, 0.1) is 31.5 Å². The summed E-state index contributed by atoms with van der Waals surface area (Å²) in [4.78, 5) is 15.0. The van der Waals surface area contributed by atoms with E-state index in [1.54, 1.807) is 0 Å². The van der Waals surface area contributed by atoms with Gasteiger partial charge in [-0.1, -0.05) is 23.7 Å². The highest BCUT2D eigenvalue weighted by molar-refractivity contribution is 6.30. The molecule has 2 heterocycles. The fourth-order valence-corrected chi connectivity index (χ4v) is 4.51. The Morgan fingerprint density at radius 1 is 1.38 bits per heavy atom. The van der Waals surface area contributed by atoms with Gasteiger partial charge in [-0.05, 0) is 37.0 Å². The Morgan fingerprint density at radius 2 is 2.21 bits per heavy atom. The van der Waals surface area contributed by atoms with E-state index in [9.17, 15) is 4.79 Å². The van der Waals surface area contributed by atoms with Crippen LogP contribution >= 0.6 is 11.6 Å². The number of aromatic nitrogens is 2. The summed E-state index contributed by atoms with van der Waals surface area (Å²) in [6.45, 7) is 3.59. The summed E-state index contributed by atoms with van der Waals surface area (Å²) < 4.78 is 7.41. The highest BCUT2D eigenvalue weighted by Gasteiger charge is 2.26. The van der Waals surface area contributed by atoms with Crippen LogP contribution in [0.1, 0.15) is 41.7 Å². The number of fused-ring (bicyclic) bond motifs is 1. The van der Waals surface area contributed by atoms with Crippen molar-refractivity contribution >= 4 is 17.6 Å². The number of halogens is 1. The number of nitrogens with zero attached hydrogens (tertiary/aromatic N) is 3. The number of aryl methyl sites for hydroxylation is 1. The summed E-state index contributed by atoms with van der Waals surface area (Å²) in [5.74, 6) is 0. The van der Waals surface area contributed by atoms with Crippen molar-refractivity contribution in [1.82, 2.24) is 25.3 Å². The summed E-state index contributed by atoms with van der Waals surface area (Å²) >= 11 is 6.22. The quantitative estimate of drug-likeness (QED) is 0.784. The number of morpholine rings is 1. The Morgan fingerprint density at radius 3 is 3.00 bits per heavy atom. The lowest BCUT2D eigenvalue weighted by Gasteiger charge is -2.35. The maximum atomic E-state index is 12.7. The van der Waals surface area contributed by atoms with Crippen LogP contribution in [0.25, 0.3) is 0 Å². The maximum absolute atomic E-state index is 12.7. The van der Waals surface area contributed by atoms with E-state index in [1.807, 2.05) is 36.1 Å². The van der Waals surface area contributed by atoms with Gasteiger partial charge in [0.25, 0.3) is 0 Å². The Bertz CT molecular complexity index is 849. The van der Waals surface area contributed by atoms with Gasteiger partial charge in [-0.25, -0.2) is 4.79 Å². The molecule has 1 aliphatic heterocycles. The lowest BCUT2D eigenvalue weighted by Crippen LogP contribution is -2.46. The van der Waals surface area contributed by atoms with E-state index in [0.717, 1.165) is 43.5 Å². The van der Waals surface area contributed by atoms with E-state index >= 15 is 0 Å². The third-order valence-corrected chi connectivity index (χ3v) is 6.09. The van der Waals surface area contributed by atoms with E-state index in [1.165, 1.54) is 5.69 Å². The molecule has 2 aromatic rings. The van der Waals surface area contributed by atoms with Crippen LogP contribution in [0.15, 0.2) is 30.5 Å². The summed E-state index contributed by atoms with van der Waals surface area (Å²) in [5.41, 5.74) is 3.45. The van der Waals surface area contributed by atoms with Crippen LogP contribution < -0.4 is 10.6 Å². The van der Waals surface area contributed by atoms with E-state index in [2.05, 4.69) is 26.7 Å². The highest BCUT2D eigenvalue weighted by Crippen LogP contribution is 2.29. The van der Waals surface area contributed by atoms with Crippen LogP contribution in [0, 0.1) is 0 Å². The number of rotatable bonds is 5. The molecule has 2 aliphatic rings. The van der Waals surface area contributed by atoms with Gasteiger partial charge in [0, 0.05) is 43.0 Å². The number of hydrogen-bond donors (Lipinski definition) is 2. The van der Waals surface area contributed by atoms with Crippen LogP contribution in [0.2, 0.25) is 5.02 Å². The average Bonchev–Trinajstić information content (AvgIpc) is 3.11. The van der Waals surface area contributed by atoms with E-state index in [4.69, 9.17) is 16.3 Å². The first-order valence-corrected chi connectivity index (χ1v) is 10.6. The number of amides is 2. The maximum Gasteiger partial charge on any atom is 0.315 e. The lowest BCUT2D eigenvalue weighted by molar-refractivity contribution is 0.0167. The molecule has 156 valence electrons. The molecule has 1 saturated heterocycles. The van der Waals surface area contributed by atoms with Crippen LogP contribution in [-0.2, 0) is 18.2 Å². The summed E-state index contributed by atoms with van der Waals surface area (Å²) in [6, 6.07) is 7.79. The average molecular weight is 418 g/mol. The first kappa shape index (κ1) is 20.2. The molecule has 2 unspecified atom stereocenters. The second-order valence-electron chi connectivity index (χ2n) is 7.69. The molecule has 1 fully saturated rings. The van der Waals surface area contributed by atoms with Crippen molar-refractivity contribution < 1.29 is 9.53 Å². The fourth-order valence-electron chi connectivity index (χ4n) is 4.32. The predicted molar refractivity (Wildman–Crippen MR) is 112 cm³/mol. The van der Waals surface area contributed by atoms with Crippen molar-refractivity contribution in [2.75, 3.05) is 32.8 Å². The zero-order valence-corrected chi connectivity index (χ0v) is 17.5. The number of nitrogens with one attached hydrogen (secondary N) is 2. The minimum atomic E-state index is -0.146. The second kappa shape index (κ2) is 9.15. The van der Waals surface area contributed by atoms with Gasteiger partial charge in [0.15, 0.2) is 0 Å². The predicted octanol–water partition coefficient (Wildman–Crippen LogP) is 2.82. The standard InChI is InChI=1S/C21H28ClN5O2/c1-26-19-7-3-6-18(17(19)13-24-26)25-21(28)23-14-20(27-8-10-29-11-9-27)15-4-2-5-16(22)12-15/h2,4-5,12-13,18,20H,3,6-11,14H2,1H3,(H2,23,25,28). The minimum Gasteiger partial charge on any atom is -0.379 e. The van der Waals surface area contributed by atoms with Crippen molar-refractivity contribution in [3.05, 3.63) is 52.3 Å². The third kappa shape index (κ3) is 4.74. The highest BCUT2D eigenvalue weighted by atomic mass is 35.5. The first-order valence-electron chi connectivity index (χ1n) is 10.2. The Balaban J connectivity index is 1.41. The monoisotopic (exact) mass is 417 g/mol. The van der Waals surface area contributed by atoms with Crippen LogP contribution in [0.5, 0.6) is 0 Å². The smallest absolute Gasteiger partial charge is 0.315 e. The van der Waals surface area contributed by atoms with Gasteiger partial charge in [-0.15, -0.1) is 0 Å². The van der Waals surface area contributed by atoms with E-state index < -0.39 is 0 Å². The molecule has 2 atom stereocenters. The van der Waals surface area contributed by atoms with Crippen LogP contribution in [0.4, 0.5) is 4.79 Å². The molecule has 7 nitrogen and oxygen atoms in total. The lowest BCUT2D eigenvalue weighted by atomic mass is 9.93. The molecule has 4 rings (SSSR count). The molecule has 8 heteroatoms. The van der Waals surface area contributed by atoms with Gasteiger partial charge in [-0.2, -0.15) is 5.10 Å². The molecule has 1 aromatic carbocycles. The minimum absolute atomic E-state index is 0.0143. The number of urea groups is 1. The molecule has 1 aliphatic carbocycles. The summed E-state index contributed by atoms with van der Waals surface area (Å²) in [5, 5.41) is 11.3. The number of carbonyl (C=O) groups excluding carboxylic acids is 1. The largest absolute Gasteiger partial charge is 0.379 e. The summed E-state index contributed by atoms with van der Waals surface area (Å²) in [6.07, 6.45) is 4.88. The Kier molecular flexibility index (Phi) is 6.37. The van der Waals surface area contributed by atoms with Gasteiger partial charge in [0.2, 0.25) is 0 Å². The molecular weight excluding hydrogens is 390 g/mol. The van der Waals surface area contributed by atoms with Crippen molar-refractivity contribution in [2.45, 2.75) is 31.3 Å². The molecule has 29 heavy (non-hydrogen) atoms. The van der Waals surface area contributed by atoms with Gasteiger partial charge >= 0.3 is 6.03 Å². The van der Waals surface area contributed by atoms with Crippen molar-refractivity contribution in [1.29, 1.82) is 0 Å². The van der Waals surface area contributed by atoms with Crippen molar-refractivity contribution in [3.8, 4) is 0 Å². The van der Waals surface area contributed by atoms with E-state index in [-0.39, 0.29) is 18.1 Å². The zero-order valence-electron chi connectivity index (χ0n) is 16.7. The molecular formula is C21H28ClN5O2. The molecule has 0 saturated carbocycles. The Labute approximate surface area is 176 Å². The number of ether oxygens (including phenoxy) is 1. The molecule has 2 amide bonds. The number of hydrogen-bond acceptors (Lipinski definition) is 4. The van der Waals surface area contributed by atoms with Gasteiger partial charge in [0.1, 0.15) is 0 Å². The zero-order chi connectivity index (χ0) is 20.2. The Hall–Kier alpha value is -2.09.